The first-order valence-electron chi connectivity index (χ1n) is 11.7. The van der Waals surface area contributed by atoms with E-state index in [9.17, 15) is 9.59 Å². The van der Waals surface area contributed by atoms with E-state index in [-0.39, 0.29) is 35.6 Å². The lowest BCUT2D eigenvalue weighted by molar-refractivity contribution is -0.117. The van der Waals surface area contributed by atoms with Crippen LogP contribution in [0.25, 0.3) is 0 Å². The number of nitrogens with zero attached hydrogens (tertiary/aromatic N) is 3. The summed E-state index contributed by atoms with van der Waals surface area (Å²) in [5.41, 5.74) is 2.20. The molecule has 2 amide bonds. The Bertz CT molecular complexity index is 1340. The maximum atomic E-state index is 13.2. The number of ether oxygens (including phenoxy) is 3. The SMILES string of the molecule is C=CC(=O)Nc1cc(OCCO)ccc1Cc1cc(N(C)C(=O)Cc2c(Cl)c(OC)cc(OC)c2Cl)ncn1. The highest BCUT2D eigenvalue weighted by molar-refractivity contribution is 6.38. The van der Waals surface area contributed by atoms with Crippen LogP contribution in [-0.4, -0.2) is 61.4 Å². The fraction of sp³-hybridized carbons (Fsp3) is 0.259. The Hall–Kier alpha value is -3.86. The zero-order chi connectivity index (χ0) is 28.5. The second-order valence-electron chi connectivity index (χ2n) is 8.15. The highest BCUT2D eigenvalue weighted by Gasteiger charge is 2.22. The van der Waals surface area contributed by atoms with Crippen molar-refractivity contribution < 1.29 is 28.9 Å². The quantitative estimate of drug-likeness (QED) is 0.310. The molecule has 0 aliphatic rings. The van der Waals surface area contributed by atoms with Gasteiger partial charge in [-0.25, -0.2) is 9.97 Å². The van der Waals surface area contributed by atoms with Crippen LogP contribution < -0.4 is 24.4 Å². The van der Waals surface area contributed by atoms with E-state index in [2.05, 4.69) is 21.9 Å². The lowest BCUT2D eigenvalue weighted by Gasteiger charge is -2.19. The summed E-state index contributed by atoms with van der Waals surface area (Å²) in [4.78, 5) is 35.1. The Morgan fingerprint density at radius 3 is 2.41 bits per heavy atom. The molecule has 0 bridgehead atoms. The fourth-order valence-corrected chi connectivity index (χ4v) is 4.25. The third-order valence-corrected chi connectivity index (χ3v) is 6.50. The van der Waals surface area contributed by atoms with Crippen molar-refractivity contribution in [2.75, 3.05) is 44.7 Å². The molecule has 39 heavy (non-hydrogen) atoms. The number of aromatic nitrogens is 2. The number of rotatable bonds is 12. The van der Waals surface area contributed by atoms with Gasteiger partial charge in [0.2, 0.25) is 11.8 Å². The lowest BCUT2D eigenvalue weighted by atomic mass is 10.1. The molecule has 3 rings (SSSR count). The topological polar surface area (TPSA) is 123 Å². The van der Waals surface area contributed by atoms with Crippen molar-refractivity contribution in [2.45, 2.75) is 12.8 Å². The number of aliphatic hydroxyl groups is 1. The molecular formula is C27H28Cl2N4O6. The van der Waals surface area contributed by atoms with Crippen molar-refractivity contribution in [3.05, 3.63) is 76.2 Å². The molecule has 0 atom stereocenters. The summed E-state index contributed by atoms with van der Waals surface area (Å²) in [7, 11) is 4.49. The average Bonchev–Trinajstić information content (AvgIpc) is 2.95. The van der Waals surface area contributed by atoms with Crippen LogP contribution in [0.5, 0.6) is 17.2 Å². The van der Waals surface area contributed by atoms with Crippen molar-refractivity contribution in [1.29, 1.82) is 0 Å². The van der Waals surface area contributed by atoms with Gasteiger partial charge in [-0.15, -0.1) is 0 Å². The van der Waals surface area contributed by atoms with Gasteiger partial charge in [0, 0.05) is 42.9 Å². The highest BCUT2D eigenvalue weighted by atomic mass is 35.5. The largest absolute Gasteiger partial charge is 0.495 e. The Morgan fingerprint density at radius 2 is 1.79 bits per heavy atom. The molecule has 0 radical (unpaired) electrons. The lowest BCUT2D eigenvalue weighted by Crippen LogP contribution is -2.29. The molecule has 0 saturated heterocycles. The molecule has 1 heterocycles. The Morgan fingerprint density at radius 1 is 1.10 bits per heavy atom. The summed E-state index contributed by atoms with van der Waals surface area (Å²) < 4.78 is 16.0. The molecule has 10 nitrogen and oxygen atoms in total. The molecule has 3 aromatic rings. The summed E-state index contributed by atoms with van der Waals surface area (Å²) in [6.07, 6.45) is 2.69. The van der Waals surface area contributed by atoms with E-state index < -0.39 is 5.91 Å². The van der Waals surface area contributed by atoms with E-state index in [1.807, 2.05) is 0 Å². The van der Waals surface area contributed by atoms with Crippen LogP contribution in [0.15, 0.2) is 49.3 Å². The first-order chi connectivity index (χ1) is 18.7. The third kappa shape index (κ3) is 7.38. The van der Waals surface area contributed by atoms with E-state index >= 15 is 0 Å². The smallest absolute Gasteiger partial charge is 0.247 e. The van der Waals surface area contributed by atoms with Crippen LogP contribution in [0.1, 0.15) is 16.8 Å². The molecule has 2 N–H and O–H groups in total. The van der Waals surface area contributed by atoms with Gasteiger partial charge in [0.1, 0.15) is 36.0 Å². The van der Waals surface area contributed by atoms with Crippen LogP contribution in [0, 0.1) is 0 Å². The van der Waals surface area contributed by atoms with Crippen molar-refractivity contribution in [2.24, 2.45) is 0 Å². The molecule has 0 spiro atoms. The van der Waals surface area contributed by atoms with Crippen LogP contribution in [0.2, 0.25) is 10.0 Å². The van der Waals surface area contributed by atoms with Crippen LogP contribution in [0.4, 0.5) is 11.5 Å². The maximum absolute atomic E-state index is 13.2. The molecule has 1 aromatic heterocycles. The standard InChI is InChI=1S/C27H28Cl2N4O6/c1-5-24(35)32-20-12-18(39-9-8-34)7-6-16(20)10-17-11-23(31-15-30-17)33(2)25(36)13-19-26(28)21(37-3)14-22(38-4)27(19)29/h5-7,11-12,14-15,34H,1,8-10,13H2,2-4H3,(H,32,35). The summed E-state index contributed by atoms with van der Waals surface area (Å²) in [6.45, 7) is 3.46. The van der Waals surface area contributed by atoms with Crippen LogP contribution in [-0.2, 0) is 22.4 Å². The number of aliphatic hydroxyl groups excluding tert-OH is 1. The number of halogens is 2. The minimum Gasteiger partial charge on any atom is -0.495 e. The number of nitrogens with one attached hydrogen (secondary N) is 1. The van der Waals surface area contributed by atoms with E-state index in [4.69, 9.17) is 42.5 Å². The van der Waals surface area contributed by atoms with Gasteiger partial charge in [-0.2, -0.15) is 0 Å². The van der Waals surface area contributed by atoms with Gasteiger partial charge in [0.15, 0.2) is 0 Å². The number of hydrogen-bond donors (Lipinski definition) is 2. The molecular weight excluding hydrogens is 547 g/mol. The summed E-state index contributed by atoms with van der Waals surface area (Å²) in [5.74, 6) is 0.775. The normalized spacial score (nSPS) is 10.5. The van der Waals surface area contributed by atoms with E-state index in [0.717, 1.165) is 11.6 Å². The number of amides is 2. The van der Waals surface area contributed by atoms with Crippen LogP contribution in [0.3, 0.4) is 0 Å². The number of anilines is 2. The molecule has 206 valence electrons. The van der Waals surface area contributed by atoms with E-state index in [1.54, 1.807) is 37.4 Å². The van der Waals surface area contributed by atoms with Gasteiger partial charge in [-0.1, -0.05) is 35.8 Å². The number of hydrogen-bond acceptors (Lipinski definition) is 8. The summed E-state index contributed by atoms with van der Waals surface area (Å²) in [6, 6.07) is 8.38. The summed E-state index contributed by atoms with van der Waals surface area (Å²) in [5, 5.41) is 12.2. The van der Waals surface area contributed by atoms with Gasteiger partial charge in [-0.3, -0.25) is 14.5 Å². The molecule has 0 aliphatic carbocycles. The Balaban J connectivity index is 1.85. The molecule has 0 fully saturated rings. The number of benzene rings is 2. The fourth-order valence-electron chi connectivity index (χ4n) is 3.61. The zero-order valence-electron chi connectivity index (χ0n) is 21.7. The van der Waals surface area contributed by atoms with Gasteiger partial charge in [0.05, 0.1) is 43.0 Å². The number of carbonyl (C=O) groups is 2. The van der Waals surface area contributed by atoms with E-state index in [0.29, 0.717) is 46.4 Å². The highest BCUT2D eigenvalue weighted by Crippen LogP contribution is 2.40. The Labute approximate surface area is 236 Å². The molecule has 12 heteroatoms. The third-order valence-electron chi connectivity index (χ3n) is 5.68. The second-order valence-corrected chi connectivity index (χ2v) is 8.90. The molecule has 2 aromatic carbocycles. The second kappa shape index (κ2) is 13.8. The molecule has 0 unspecified atom stereocenters. The summed E-state index contributed by atoms with van der Waals surface area (Å²) >= 11 is 12.9. The van der Waals surface area contributed by atoms with Gasteiger partial charge in [0.25, 0.3) is 0 Å². The maximum Gasteiger partial charge on any atom is 0.247 e. The minimum atomic E-state index is -0.393. The number of likely N-dealkylation sites (N-methyl/N-ethyl adjacent to an activating group) is 1. The first kappa shape index (κ1) is 29.7. The van der Waals surface area contributed by atoms with Crippen molar-refractivity contribution >= 4 is 46.5 Å². The Kier molecular flexibility index (Phi) is 10.5. The van der Waals surface area contributed by atoms with Crippen LogP contribution >= 0.6 is 23.2 Å². The molecule has 0 aliphatic heterocycles. The van der Waals surface area contributed by atoms with Gasteiger partial charge in [-0.05, 0) is 17.7 Å². The zero-order valence-corrected chi connectivity index (χ0v) is 23.2. The van der Waals surface area contributed by atoms with E-state index in [1.165, 1.54) is 25.4 Å². The predicted octanol–water partition coefficient (Wildman–Crippen LogP) is 4.09. The first-order valence-corrected chi connectivity index (χ1v) is 12.4. The van der Waals surface area contributed by atoms with Gasteiger partial charge >= 0.3 is 0 Å². The monoisotopic (exact) mass is 574 g/mol. The number of methoxy groups -OCH3 is 2. The molecule has 0 saturated carbocycles. The van der Waals surface area contributed by atoms with Crippen molar-refractivity contribution in [1.82, 2.24) is 9.97 Å². The van der Waals surface area contributed by atoms with Crippen molar-refractivity contribution in [3.8, 4) is 17.2 Å². The minimum absolute atomic E-state index is 0.114. The van der Waals surface area contributed by atoms with Gasteiger partial charge < -0.3 is 24.6 Å². The average molecular weight is 575 g/mol. The number of carbonyl (C=O) groups excluding carboxylic acids is 2. The predicted molar refractivity (Wildman–Crippen MR) is 149 cm³/mol. The van der Waals surface area contributed by atoms with Crippen molar-refractivity contribution in [3.63, 3.8) is 0 Å².